The van der Waals surface area contributed by atoms with Crippen molar-refractivity contribution in [3.05, 3.63) is 71.5 Å². The molecule has 5 rings (SSSR count). The Labute approximate surface area is 220 Å². The zero-order chi connectivity index (χ0) is 26.9. The van der Waals surface area contributed by atoms with Crippen LogP contribution in [0.25, 0.3) is 0 Å². The van der Waals surface area contributed by atoms with E-state index < -0.39 is 10.0 Å². The third-order valence-electron chi connectivity index (χ3n) is 6.52. The van der Waals surface area contributed by atoms with Crippen LogP contribution in [0.1, 0.15) is 28.2 Å². The van der Waals surface area contributed by atoms with Gasteiger partial charge in [0.15, 0.2) is 0 Å². The van der Waals surface area contributed by atoms with Crippen LogP contribution in [0.2, 0.25) is 0 Å². The Kier molecular flexibility index (Phi) is 6.79. The smallest absolute Gasteiger partial charge is 0.257 e. The van der Waals surface area contributed by atoms with Crippen molar-refractivity contribution < 1.29 is 18.0 Å². The van der Waals surface area contributed by atoms with Crippen LogP contribution < -0.4 is 15.1 Å². The SMILES string of the molecule is Cc1cc(C#N)nc(N2CCN(S(=O)(=O)c3ccc(NC(=O)c4ccccc4N4CCC4=O)cc3)CC2)n1. The number of aryl methyl sites for hydroxylation is 1. The van der Waals surface area contributed by atoms with Crippen molar-refractivity contribution >= 4 is 39.2 Å². The molecule has 3 heterocycles. The molecule has 3 aromatic rings. The summed E-state index contributed by atoms with van der Waals surface area (Å²) in [4.78, 5) is 36.9. The maximum Gasteiger partial charge on any atom is 0.257 e. The molecule has 0 radical (unpaired) electrons. The third-order valence-corrected chi connectivity index (χ3v) is 8.43. The van der Waals surface area contributed by atoms with Gasteiger partial charge in [0.25, 0.3) is 5.91 Å². The number of benzene rings is 2. The van der Waals surface area contributed by atoms with Gasteiger partial charge in [-0.1, -0.05) is 12.1 Å². The van der Waals surface area contributed by atoms with E-state index in [-0.39, 0.29) is 35.5 Å². The Balaban J connectivity index is 1.24. The lowest BCUT2D eigenvalue weighted by atomic mass is 10.1. The van der Waals surface area contributed by atoms with Crippen LogP contribution in [0, 0.1) is 18.3 Å². The molecule has 0 bridgehead atoms. The number of rotatable bonds is 6. The molecule has 12 heteroatoms. The Hall–Kier alpha value is -4.34. The van der Waals surface area contributed by atoms with E-state index in [1.807, 2.05) is 11.0 Å². The number of anilines is 3. The highest BCUT2D eigenvalue weighted by Crippen LogP contribution is 2.27. The highest BCUT2D eigenvalue weighted by Gasteiger charge is 2.30. The van der Waals surface area contributed by atoms with E-state index in [2.05, 4.69) is 15.3 Å². The van der Waals surface area contributed by atoms with Gasteiger partial charge in [-0.05, 0) is 49.4 Å². The van der Waals surface area contributed by atoms with Crippen molar-refractivity contribution in [3.8, 4) is 6.07 Å². The minimum atomic E-state index is -3.75. The summed E-state index contributed by atoms with van der Waals surface area (Å²) in [5.74, 6) is 0.00246. The van der Waals surface area contributed by atoms with Crippen LogP contribution in [0.15, 0.2) is 59.5 Å². The van der Waals surface area contributed by atoms with Crippen molar-refractivity contribution in [3.63, 3.8) is 0 Å². The second kappa shape index (κ2) is 10.2. The van der Waals surface area contributed by atoms with E-state index in [9.17, 15) is 18.0 Å². The summed E-state index contributed by atoms with van der Waals surface area (Å²) in [6.07, 6.45) is 0.461. The zero-order valence-electron chi connectivity index (χ0n) is 20.7. The molecular formula is C26H25N7O4S. The summed E-state index contributed by atoms with van der Waals surface area (Å²) < 4.78 is 27.9. The molecule has 0 saturated carbocycles. The summed E-state index contributed by atoms with van der Waals surface area (Å²) >= 11 is 0. The van der Waals surface area contributed by atoms with Crippen molar-refractivity contribution in [2.45, 2.75) is 18.2 Å². The highest BCUT2D eigenvalue weighted by molar-refractivity contribution is 7.89. The molecule has 194 valence electrons. The Bertz CT molecular complexity index is 1540. The van der Waals surface area contributed by atoms with Gasteiger partial charge in [0, 0.05) is 50.5 Å². The fourth-order valence-electron chi connectivity index (χ4n) is 4.41. The number of piperazine rings is 1. The average molecular weight is 532 g/mol. The van der Waals surface area contributed by atoms with Gasteiger partial charge in [-0.25, -0.2) is 18.4 Å². The number of amides is 2. The molecule has 2 aliphatic heterocycles. The number of para-hydroxylation sites is 1. The maximum absolute atomic E-state index is 13.2. The first-order chi connectivity index (χ1) is 18.3. The summed E-state index contributed by atoms with van der Waals surface area (Å²) in [6, 6.07) is 16.5. The lowest BCUT2D eigenvalue weighted by Gasteiger charge is -2.34. The Morgan fingerprint density at radius 3 is 2.34 bits per heavy atom. The molecule has 0 atom stereocenters. The van der Waals surface area contributed by atoms with Gasteiger partial charge < -0.3 is 15.1 Å². The number of β-lactam (4-membered cyclic amide) rings is 1. The number of nitrogens with zero attached hydrogens (tertiary/aromatic N) is 6. The molecule has 1 aromatic heterocycles. The molecule has 2 amide bonds. The summed E-state index contributed by atoms with van der Waals surface area (Å²) in [6.45, 7) is 3.62. The Morgan fingerprint density at radius 1 is 1.00 bits per heavy atom. The Morgan fingerprint density at radius 2 is 1.71 bits per heavy atom. The van der Waals surface area contributed by atoms with E-state index in [1.54, 1.807) is 54.3 Å². The number of nitriles is 1. The van der Waals surface area contributed by atoms with Crippen LogP contribution in [0.5, 0.6) is 0 Å². The molecule has 0 aliphatic carbocycles. The number of carbonyl (C=O) groups excluding carboxylic acids is 2. The fraction of sp³-hybridized carbons (Fsp3) is 0.269. The van der Waals surface area contributed by atoms with Crippen molar-refractivity contribution in [2.24, 2.45) is 0 Å². The minimum absolute atomic E-state index is 0.0287. The number of hydrogen-bond donors (Lipinski definition) is 1. The second-order valence-corrected chi connectivity index (χ2v) is 10.9. The summed E-state index contributed by atoms with van der Waals surface area (Å²) in [7, 11) is -3.75. The van der Waals surface area contributed by atoms with Crippen LogP contribution in [0.3, 0.4) is 0 Å². The van der Waals surface area contributed by atoms with Crippen LogP contribution >= 0.6 is 0 Å². The van der Waals surface area contributed by atoms with Gasteiger partial charge in [0.2, 0.25) is 21.9 Å². The standard InChI is InChI=1S/C26H25N7O4S/c1-18-16-20(17-27)30-26(28-18)31-12-14-32(15-13-31)38(36,37)21-8-6-19(7-9-21)29-25(35)22-4-2-3-5-23(22)33-11-10-24(33)34/h2-9,16H,10-15H2,1H3,(H,29,35). The molecule has 2 fully saturated rings. The minimum Gasteiger partial charge on any atom is -0.338 e. The average Bonchev–Trinajstić information content (AvgIpc) is 2.92. The number of hydrogen-bond acceptors (Lipinski definition) is 8. The number of nitrogens with one attached hydrogen (secondary N) is 1. The van der Waals surface area contributed by atoms with Gasteiger partial charge in [0.1, 0.15) is 11.8 Å². The molecule has 11 nitrogen and oxygen atoms in total. The maximum atomic E-state index is 13.2. The molecule has 38 heavy (non-hydrogen) atoms. The topological polar surface area (TPSA) is 140 Å². The zero-order valence-corrected chi connectivity index (χ0v) is 21.5. The molecule has 0 spiro atoms. The van der Waals surface area contributed by atoms with Gasteiger partial charge >= 0.3 is 0 Å². The van der Waals surface area contributed by atoms with E-state index >= 15 is 0 Å². The van der Waals surface area contributed by atoms with Gasteiger partial charge in [-0.15, -0.1) is 0 Å². The number of aromatic nitrogens is 2. The molecule has 1 N–H and O–H groups in total. The quantitative estimate of drug-likeness (QED) is 0.478. The molecule has 2 aromatic carbocycles. The van der Waals surface area contributed by atoms with Gasteiger partial charge in [-0.2, -0.15) is 9.57 Å². The van der Waals surface area contributed by atoms with Crippen molar-refractivity contribution in [1.29, 1.82) is 5.26 Å². The highest BCUT2D eigenvalue weighted by atomic mass is 32.2. The first kappa shape index (κ1) is 25.3. The number of carbonyl (C=O) groups is 2. The fourth-order valence-corrected chi connectivity index (χ4v) is 5.83. The van der Waals surface area contributed by atoms with Crippen LogP contribution in [-0.4, -0.2) is 67.2 Å². The molecule has 2 aliphatic rings. The van der Waals surface area contributed by atoms with Gasteiger partial charge in [0.05, 0.1) is 16.1 Å². The largest absolute Gasteiger partial charge is 0.338 e. The first-order valence-corrected chi connectivity index (χ1v) is 13.5. The third kappa shape index (κ3) is 4.93. The van der Waals surface area contributed by atoms with Crippen LogP contribution in [-0.2, 0) is 14.8 Å². The second-order valence-electron chi connectivity index (χ2n) is 8.99. The normalized spacial score (nSPS) is 16.1. The lowest BCUT2D eigenvalue weighted by molar-refractivity contribution is -0.122. The van der Waals surface area contributed by atoms with E-state index in [4.69, 9.17) is 5.26 Å². The predicted molar refractivity (Wildman–Crippen MR) is 140 cm³/mol. The molecule has 0 unspecified atom stereocenters. The van der Waals surface area contributed by atoms with Crippen molar-refractivity contribution in [1.82, 2.24) is 14.3 Å². The first-order valence-electron chi connectivity index (χ1n) is 12.1. The predicted octanol–water partition coefficient (Wildman–Crippen LogP) is 2.16. The number of sulfonamides is 1. The van der Waals surface area contributed by atoms with E-state index in [1.165, 1.54) is 16.4 Å². The lowest BCUT2D eigenvalue weighted by Crippen LogP contribution is -2.49. The molecule has 2 saturated heterocycles. The van der Waals surface area contributed by atoms with Crippen LogP contribution in [0.4, 0.5) is 17.3 Å². The van der Waals surface area contributed by atoms with E-state index in [0.717, 1.165) is 0 Å². The van der Waals surface area contributed by atoms with Crippen molar-refractivity contribution in [2.75, 3.05) is 47.8 Å². The van der Waals surface area contributed by atoms with E-state index in [0.29, 0.717) is 54.6 Å². The summed E-state index contributed by atoms with van der Waals surface area (Å²) in [5.41, 5.74) is 2.31. The summed E-state index contributed by atoms with van der Waals surface area (Å²) in [5, 5.41) is 11.9. The monoisotopic (exact) mass is 531 g/mol. The van der Waals surface area contributed by atoms with Gasteiger partial charge in [-0.3, -0.25) is 9.59 Å². The molecular weight excluding hydrogens is 506 g/mol.